The van der Waals surface area contributed by atoms with Crippen molar-refractivity contribution in [3.63, 3.8) is 0 Å². The van der Waals surface area contributed by atoms with Crippen molar-refractivity contribution in [1.82, 2.24) is 14.7 Å². The molecule has 0 bridgehead atoms. The Labute approximate surface area is 119 Å². The fourth-order valence-corrected chi connectivity index (χ4v) is 1.98. The van der Waals surface area contributed by atoms with Crippen LogP contribution in [0, 0.1) is 11.6 Å². The Balaban J connectivity index is 1.71. The van der Waals surface area contributed by atoms with E-state index in [1.54, 1.807) is 16.7 Å². The highest BCUT2D eigenvalue weighted by Gasteiger charge is 2.07. The first-order valence-electron chi connectivity index (χ1n) is 6.29. The predicted octanol–water partition coefficient (Wildman–Crippen LogP) is 2.54. The average Bonchev–Trinajstić information content (AvgIpc) is 2.87. The highest BCUT2D eigenvalue weighted by Crippen LogP contribution is 2.07. The molecule has 1 aromatic carbocycles. The number of nitrogens with zero attached hydrogens (tertiary/aromatic N) is 2. The van der Waals surface area contributed by atoms with Gasteiger partial charge >= 0.3 is 0 Å². The van der Waals surface area contributed by atoms with E-state index in [1.807, 2.05) is 0 Å². The molecule has 0 atom stereocenters. The van der Waals surface area contributed by atoms with E-state index < -0.39 is 5.82 Å². The Morgan fingerprint density at radius 3 is 2.52 bits per heavy atom. The minimum atomic E-state index is -0.395. The van der Waals surface area contributed by atoms with Crippen LogP contribution >= 0.6 is 0 Å². The van der Waals surface area contributed by atoms with Crippen molar-refractivity contribution in [1.29, 1.82) is 0 Å². The summed E-state index contributed by atoms with van der Waals surface area (Å²) in [7, 11) is 0. The van der Waals surface area contributed by atoms with E-state index in [2.05, 4.69) is 10.3 Å². The number of halogens is 2. The van der Waals surface area contributed by atoms with Crippen LogP contribution in [-0.4, -0.2) is 15.3 Å². The Bertz CT molecular complexity index is 796. The molecule has 0 aliphatic rings. The van der Waals surface area contributed by atoms with Gasteiger partial charge in [0.2, 0.25) is 0 Å². The summed E-state index contributed by atoms with van der Waals surface area (Å²) in [6.45, 7) is 0.208. The van der Waals surface area contributed by atoms with Gasteiger partial charge in [-0.1, -0.05) is 0 Å². The van der Waals surface area contributed by atoms with Crippen molar-refractivity contribution in [2.24, 2.45) is 0 Å². The number of pyridine rings is 1. The molecule has 0 spiro atoms. The number of nitrogens with one attached hydrogen (secondary N) is 1. The van der Waals surface area contributed by atoms with E-state index in [0.717, 1.165) is 0 Å². The molecule has 0 aliphatic heterocycles. The number of rotatable bonds is 3. The normalized spacial score (nSPS) is 10.8. The summed E-state index contributed by atoms with van der Waals surface area (Å²) in [6.07, 6.45) is 2.96. The maximum absolute atomic E-state index is 13.1. The zero-order valence-corrected chi connectivity index (χ0v) is 10.9. The van der Waals surface area contributed by atoms with Gasteiger partial charge < -0.3 is 9.72 Å². The largest absolute Gasteiger partial charge is 0.346 e. The van der Waals surface area contributed by atoms with Gasteiger partial charge in [0.25, 0.3) is 5.91 Å². The maximum atomic E-state index is 13.1. The van der Waals surface area contributed by atoms with Crippen LogP contribution < -0.4 is 5.32 Å². The summed E-state index contributed by atoms with van der Waals surface area (Å²) in [4.78, 5) is 16.1. The highest BCUT2D eigenvalue weighted by atomic mass is 19.1. The number of fused-ring (bicyclic) bond motifs is 1. The predicted molar refractivity (Wildman–Crippen MR) is 72.7 cm³/mol. The number of hydrogen-bond donors (Lipinski definition) is 1. The molecule has 2 heterocycles. The van der Waals surface area contributed by atoms with Crippen molar-refractivity contribution < 1.29 is 13.6 Å². The first-order valence-corrected chi connectivity index (χ1v) is 6.29. The third kappa shape index (κ3) is 2.89. The van der Waals surface area contributed by atoms with E-state index in [9.17, 15) is 13.6 Å². The van der Waals surface area contributed by atoms with Crippen LogP contribution in [0.15, 0.2) is 48.8 Å². The number of benzene rings is 1. The monoisotopic (exact) mass is 287 g/mol. The summed E-state index contributed by atoms with van der Waals surface area (Å²) in [5.41, 5.74) is 1.57. The summed E-state index contributed by atoms with van der Waals surface area (Å²) in [6, 6.07) is 8.14. The Kier molecular flexibility index (Phi) is 3.35. The van der Waals surface area contributed by atoms with E-state index in [-0.39, 0.29) is 18.3 Å². The van der Waals surface area contributed by atoms with E-state index in [0.29, 0.717) is 16.9 Å². The number of carbonyl (C=O) groups is 1. The van der Waals surface area contributed by atoms with Gasteiger partial charge in [0.05, 0.1) is 12.2 Å². The zero-order chi connectivity index (χ0) is 14.8. The van der Waals surface area contributed by atoms with E-state index in [4.69, 9.17) is 0 Å². The van der Waals surface area contributed by atoms with Gasteiger partial charge in [-0.25, -0.2) is 13.8 Å². The molecular formula is C15H11F2N3O. The van der Waals surface area contributed by atoms with Crippen molar-refractivity contribution >= 4 is 11.6 Å². The van der Waals surface area contributed by atoms with Gasteiger partial charge in [-0.05, 0) is 36.4 Å². The van der Waals surface area contributed by atoms with Gasteiger partial charge in [0, 0.05) is 18.0 Å². The SMILES string of the molecule is O=C(NCc1cn2cc(F)ccc2n1)c1ccc(F)cc1. The van der Waals surface area contributed by atoms with E-state index in [1.165, 1.54) is 36.5 Å². The van der Waals surface area contributed by atoms with Crippen LogP contribution in [-0.2, 0) is 6.54 Å². The molecule has 0 fully saturated rings. The third-order valence-corrected chi connectivity index (χ3v) is 3.00. The lowest BCUT2D eigenvalue weighted by Crippen LogP contribution is -2.22. The first kappa shape index (κ1) is 13.2. The Hall–Kier alpha value is -2.76. The molecular weight excluding hydrogens is 276 g/mol. The van der Waals surface area contributed by atoms with Gasteiger partial charge in [0.1, 0.15) is 17.3 Å². The Morgan fingerprint density at radius 1 is 1.05 bits per heavy atom. The fraction of sp³-hybridized carbons (Fsp3) is 0.0667. The lowest BCUT2D eigenvalue weighted by molar-refractivity contribution is 0.0950. The van der Waals surface area contributed by atoms with Crippen molar-refractivity contribution in [2.75, 3.05) is 0 Å². The minimum Gasteiger partial charge on any atom is -0.346 e. The summed E-state index contributed by atoms with van der Waals surface area (Å²) < 4.78 is 27.4. The van der Waals surface area contributed by atoms with Gasteiger partial charge in [-0.2, -0.15) is 0 Å². The number of amides is 1. The molecule has 0 radical (unpaired) electrons. The Morgan fingerprint density at radius 2 is 1.76 bits per heavy atom. The van der Waals surface area contributed by atoms with Crippen molar-refractivity contribution in [3.8, 4) is 0 Å². The number of imidazole rings is 1. The molecule has 0 aliphatic carbocycles. The second-order valence-electron chi connectivity index (χ2n) is 4.53. The lowest BCUT2D eigenvalue weighted by atomic mass is 10.2. The molecule has 3 rings (SSSR count). The van der Waals surface area contributed by atoms with E-state index >= 15 is 0 Å². The van der Waals surface area contributed by atoms with Crippen molar-refractivity contribution in [3.05, 3.63) is 71.7 Å². The summed E-state index contributed by atoms with van der Waals surface area (Å²) in [5, 5.41) is 2.68. The molecule has 1 N–H and O–H groups in total. The van der Waals surface area contributed by atoms with Crippen LogP contribution in [0.4, 0.5) is 8.78 Å². The molecule has 4 nitrogen and oxygen atoms in total. The first-order chi connectivity index (χ1) is 10.1. The van der Waals surface area contributed by atoms with Gasteiger partial charge in [-0.15, -0.1) is 0 Å². The van der Waals surface area contributed by atoms with Gasteiger partial charge in [0.15, 0.2) is 0 Å². The van der Waals surface area contributed by atoms with Crippen molar-refractivity contribution in [2.45, 2.75) is 6.54 Å². The minimum absolute atomic E-state index is 0.208. The van der Waals surface area contributed by atoms with Crippen LogP contribution in [0.2, 0.25) is 0 Å². The standard InChI is InChI=1S/C15H11F2N3O/c16-11-3-1-10(2-4-11)15(21)18-7-13-9-20-8-12(17)5-6-14(20)19-13/h1-6,8-9H,7H2,(H,18,21). The molecule has 106 valence electrons. The van der Waals surface area contributed by atoms with Crippen LogP contribution in [0.3, 0.4) is 0 Å². The number of hydrogen-bond acceptors (Lipinski definition) is 2. The smallest absolute Gasteiger partial charge is 0.251 e. The molecule has 0 saturated carbocycles. The molecule has 2 aromatic heterocycles. The number of carbonyl (C=O) groups excluding carboxylic acids is 1. The lowest BCUT2D eigenvalue weighted by Gasteiger charge is -2.02. The highest BCUT2D eigenvalue weighted by molar-refractivity contribution is 5.94. The molecule has 0 saturated heterocycles. The molecule has 6 heteroatoms. The van der Waals surface area contributed by atoms with Crippen LogP contribution in [0.25, 0.3) is 5.65 Å². The molecule has 0 unspecified atom stereocenters. The average molecular weight is 287 g/mol. The molecule has 1 amide bonds. The molecule has 21 heavy (non-hydrogen) atoms. The quantitative estimate of drug-likeness (QED) is 0.804. The summed E-state index contributed by atoms with van der Waals surface area (Å²) >= 11 is 0. The summed E-state index contributed by atoms with van der Waals surface area (Å²) in [5.74, 6) is -1.08. The fourth-order valence-electron chi connectivity index (χ4n) is 1.98. The topological polar surface area (TPSA) is 46.4 Å². The second-order valence-corrected chi connectivity index (χ2v) is 4.53. The zero-order valence-electron chi connectivity index (χ0n) is 10.9. The maximum Gasteiger partial charge on any atom is 0.251 e. The second kappa shape index (κ2) is 5.32. The third-order valence-electron chi connectivity index (χ3n) is 3.00. The number of aromatic nitrogens is 2. The van der Waals surface area contributed by atoms with Crippen LogP contribution in [0.5, 0.6) is 0 Å². The molecule has 3 aromatic rings. The van der Waals surface area contributed by atoms with Crippen LogP contribution in [0.1, 0.15) is 16.1 Å². The van der Waals surface area contributed by atoms with Gasteiger partial charge in [-0.3, -0.25) is 4.79 Å².